The van der Waals surface area contributed by atoms with Crippen LogP contribution in [0.25, 0.3) is 6.08 Å². The normalized spacial score (nSPS) is 31.0. The first kappa shape index (κ1) is 21.2. The fourth-order valence-corrected chi connectivity index (χ4v) is 5.95. The van der Waals surface area contributed by atoms with Crippen molar-refractivity contribution >= 4 is 29.3 Å². The first-order valence-electron chi connectivity index (χ1n) is 11.6. The van der Waals surface area contributed by atoms with Crippen LogP contribution in [0.2, 0.25) is 0 Å². The molecule has 1 N–H and O–H groups in total. The number of benzene rings is 1. The molecule has 0 aromatic heterocycles. The Morgan fingerprint density at radius 2 is 1.94 bits per heavy atom. The van der Waals surface area contributed by atoms with Crippen molar-refractivity contribution in [2.45, 2.75) is 57.8 Å². The van der Waals surface area contributed by atoms with Gasteiger partial charge in [-0.2, -0.15) is 4.74 Å². The van der Waals surface area contributed by atoms with Crippen molar-refractivity contribution in [3.63, 3.8) is 0 Å². The number of amides is 2. The van der Waals surface area contributed by atoms with E-state index in [1.807, 2.05) is 39.8 Å². The van der Waals surface area contributed by atoms with Crippen molar-refractivity contribution in [1.82, 2.24) is 9.80 Å². The van der Waals surface area contributed by atoms with Crippen molar-refractivity contribution in [2.24, 2.45) is 5.41 Å². The highest BCUT2D eigenvalue weighted by molar-refractivity contribution is 6.07. The van der Waals surface area contributed by atoms with Crippen LogP contribution in [0.15, 0.2) is 42.3 Å². The van der Waals surface area contributed by atoms with Crippen molar-refractivity contribution in [1.29, 1.82) is 0 Å². The summed E-state index contributed by atoms with van der Waals surface area (Å²) in [4.78, 5) is 29.6. The fraction of sp³-hybridized carbons (Fsp3) is 0.423. The van der Waals surface area contributed by atoms with Crippen molar-refractivity contribution in [2.75, 3.05) is 6.54 Å². The average Bonchev–Trinajstić information content (AvgIpc) is 3.32. The molecule has 0 aliphatic carbocycles. The van der Waals surface area contributed by atoms with E-state index < -0.39 is 22.7 Å². The van der Waals surface area contributed by atoms with E-state index >= 15 is 0 Å². The van der Waals surface area contributed by atoms with Crippen LogP contribution in [-0.2, 0) is 15.2 Å². The molecular formula is C26H27N3O5. The van der Waals surface area contributed by atoms with Crippen LogP contribution in [0, 0.1) is 10.6 Å². The Morgan fingerprint density at radius 3 is 2.71 bits per heavy atom. The first-order valence-corrected chi connectivity index (χ1v) is 11.6. The number of aliphatic hydroxyl groups is 1. The second kappa shape index (κ2) is 6.39. The van der Waals surface area contributed by atoms with E-state index in [0.717, 1.165) is 4.74 Å². The van der Waals surface area contributed by atoms with Gasteiger partial charge in [0, 0.05) is 19.2 Å². The summed E-state index contributed by atoms with van der Waals surface area (Å²) in [5, 5.41) is 26.1. The molecule has 5 aliphatic rings. The zero-order chi connectivity index (χ0) is 24.2. The van der Waals surface area contributed by atoms with Gasteiger partial charge in [-0.05, 0) is 58.4 Å². The number of nitrogens with zero attached hydrogens (tertiary/aromatic N) is 3. The molecule has 1 saturated heterocycles. The minimum absolute atomic E-state index is 0.106. The predicted octanol–water partition coefficient (Wildman–Crippen LogP) is 2.93. The third-order valence-corrected chi connectivity index (χ3v) is 7.52. The van der Waals surface area contributed by atoms with Gasteiger partial charge in [-0.15, -0.1) is 0 Å². The largest absolute Gasteiger partial charge is 0.618 e. The Morgan fingerprint density at radius 1 is 1.18 bits per heavy atom. The number of hydrogen-bond donors (Lipinski definition) is 1. The molecule has 0 saturated carbocycles. The van der Waals surface area contributed by atoms with E-state index in [1.54, 1.807) is 30.5 Å². The van der Waals surface area contributed by atoms with Crippen LogP contribution >= 0.6 is 0 Å². The molecule has 0 bridgehead atoms. The maximum atomic E-state index is 13.8. The highest BCUT2D eigenvalue weighted by atomic mass is 16.5. The number of carbonyl (C=O) groups excluding carboxylic acids is 2. The molecule has 5 heterocycles. The van der Waals surface area contributed by atoms with Gasteiger partial charge in [0.25, 0.3) is 5.91 Å². The van der Waals surface area contributed by atoms with E-state index in [9.17, 15) is 19.9 Å². The number of allylic oxidation sites excluding steroid dienone is 1. The van der Waals surface area contributed by atoms with Crippen LogP contribution in [-0.4, -0.2) is 55.4 Å². The van der Waals surface area contributed by atoms with Crippen LogP contribution < -0.4 is 4.74 Å². The molecule has 1 fully saturated rings. The molecule has 0 radical (unpaired) electrons. The van der Waals surface area contributed by atoms with Gasteiger partial charge in [0.15, 0.2) is 5.60 Å². The van der Waals surface area contributed by atoms with Crippen molar-refractivity contribution in [3.8, 4) is 5.75 Å². The second-order valence-corrected chi connectivity index (χ2v) is 10.8. The number of piperazine rings is 1. The number of hydrogen-bond acceptors (Lipinski definition) is 5. The predicted molar refractivity (Wildman–Crippen MR) is 125 cm³/mol. The van der Waals surface area contributed by atoms with Gasteiger partial charge in [0.2, 0.25) is 17.3 Å². The molecule has 0 spiro atoms. The lowest BCUT2D eigenvalue weighted by atomic mass is 9.71. The van der Waals surface area contributed by atoms with Crippen molar-refractivity contribution in [3.05, 3.63) is 58.6 Å². The summed E-state index contributed by atoms with van der Waals surface area (Å²) in [6.45, 7) is 7.98. The zero-order valence-corrected chi connectivity index (χ0v) is 19.7. The third kappa shape index (κ3) is 2.60. The molecule has 34 heavy (non-hydrogen) atoms. The van der Waals surface area contributed by atoms with Gasteiger partial charge >= 0.3 is 0 Å². The molecule has 8 nitrogen and oxygen atoms in total. The van der Waals surface area contributed by atoms with Crippen LogP contribution in [0.4, 0.5) is 5.69 Å². The van der Waals surface area contributed by atoms with Gasteiger partial charge in [0.05, 0.1) is 16.5 Å². The molecule has 6 rings (SSSR count). The van der Waals surface area contributed by atoms with Crippen molar-refractivity contribution < 1.29 is 24.2 Å². The van der Waals surface area contributed by atoms with E-state index in [0.29, 0.717) is 41.2 Å². The molecule has 1 aromatic carbocycles. The number of rotatable bonds is 0. The van der Waals surface area contributed by atoms with E-state index in [1.165, 1.54) is 9.80 Å². The average molecular weight is 462 g/mol. The molecule has 8 heteroatoms. The Labute approximate surface area is 197 Å². The quantitative estimate of drug-likeness (QED) is 0.473. The standard InChI is InChI=1S/C26H27N3O5/c1-24(2)11-13-28-18(22(31)27-12-5-6-17(27)21(28)30)14-26(32)16-7-8-19-15(9-10-25(3,4)34-19)20(16)29(33)23(24)26/h6-11,13,18,32H,5,12,14H2,1-4H3/b13-11-/t18-,26-/m0/s1. The van der Waals surface area contributed by atoms with Crippen LogP contribution in [0.5, 0.6) is 5.75 Å². The monoisotopic (exact) mass is 461 g/mol. The SMILES string of the molecule is CC1(C)C=Cc2c(ccc3c2[N+]([O-])=C2C(C)(C)/C=C\N4C(=O)C5=CCCN5C(=O)[C@@H]4C[C@@]23O)O1. The summed E-state index contributed by atoms with van der Waals surface area (Å²) in [5.74, 6) is 0.0630. The van der Waals surface area contributed by atoms with Gasteiger partial charge < -0.3 is 24.9 Å². The van der Waals surface area contributed by atoms with Gasteiger partial charge in [0.1, 0.15) is 23.1 Å². The van der Waals surface area contributed by atoms with E-state index in [4.69, 9.17) is 4.74 Å². The minimum atomic E-state index is -1.74. The summed E-state index contributed by atoms with van der Waals surface area (Å²) in [7, 11) is 0. The molecule has 5 aliphatic heterocycles. The molecule has 0 unspecified atom stereocenters. The third-order valence-electron chi connectivity index (χ3n) is 7.52. The van der Waals surface area contributed by atoms with Crippen LogP contribution in [0.1, 0.15) is 51.7 Å². The Kier molecular flexibility index (Phi) is 3.97. The number of ether oxygens (including phenoxy) is 1. The summed E-state index contributed by atoms with van der Waals surface area (Å²) < 4.78 is 6.87. The fourth-order valence-electron chi connectivity index (χ4n) is 5.95. The second-order valence-electron chi connectivity index (χ2n) is 10.8. The smallest absolute Gasteiger partial charge is 0.274 e. The minimum Gasteiger partial charge on any atom is -0.618 e. The molecule has 1 aromatic rings. The van der Waals surface area contributed by atoms with E-state index in [2.05, 4.69) is 0 Å². The van der Waals surface area contributed by atoms with Gasteiger partial charge in [-0.1, -0.05) is 12.2 Å². The number of carbonyl (C=O) groups is 2. The summed E-state index contributed by atoms with van der Waals surface area (Å²) >= 11 is 0. The molecule has 2 amide bonds. The van der Waals surface area contributed by atoms with E-state index in [-0.39, 0.29) is 23.9 Å². The lowest BCUT2D eigenvalue weighted by Crippen LogP contribution is -2.60. The highest BCUT2D eigenvalue weighted by Gasteiger charge is 2.60. The summed E-state index contributed by atoms with van der Waals surface area (Å²) in [6.07, 6.45) is 9.37. The maximum absolute atomic E-state index is 13.8. The molecule has 176 valence electrons. The topological polar surface area (TPSA) is 96.2 Å². The maximum Gasteiger partial charge on any atom is 0.274 e. The van der Waals surface area contributed by atoms with Gasteiger partial charge in [-0.3, -0.25) is 9.59 Å². The lowest BCUT2D eigenvalue weighted by molar-refractivity contribution is -0.364. The lowest BCUT2D eigenvalue weighted by Gasteiger charge is -2.43. The summed E-state index contributed by atoms with van der Waals surface area (Å²) in [5.41, 5.74) is -1.16. The molecular weight excluding hydrogens is 434 g/mol. The molecule has 2 atom stereocenters. The Balaban J connectivity index is 1.56. The Bertz CT molecular complexity index is 1300. The zero-order valence-electron chi connectivity index (χ0n) is 19.7. The Hall–Kier alpha value is -3.39. The first-order chi connectivity index (χ1) is 15.9. The van der Waals surface area contributed by atoms with Crippen LogP contribution in [0.3, 0.4) is 0 Å². The highest BCUT2D eigenvalue weighted by Crippen LogP contribution is 2.52. The number of fused-ring (bicyclic) bond motifs is 7. The summed E-state index contributed by atoms with van der Waals surface area (Å²) in [6, 6.07) is 2.56. The van der Waals surface area contributed by atoms with Gasteiger partial charge in [-0.25, -0.2) is 0 Å².